The molecule has 1 atom stereocenters. The van der Waals surface area contributed by atoms with E-state index in [1.165, 1.54) is 0 Å². The van der Waals surface area contributed by atoms with Crippen LogP contribution in [0, 0.1) is 5.92 Å². The van der Waals surface area contributed by atoms with Crippen LogP contribution in [0.25, 0.3) is 0 Å². The van der Waals surface area contributed by atoms with Crippen LogP contribution in [-0.4, -0.2) is 28.9 Å². The summed E-state index contributed by atoms with van der Waals surface area (Å²) < 4.78 is 5.42. The van der Waals surface area contributed by atoms with E-state index in [2.05, 4.69) is 13.8 Å². The van der Waals surface area contributed by atoms with Gasteiger partial charge in [0.1, 0.15) is 5.75 Å². The molecular formula is C15H22O4. The lowest BCUT2D eigenvalue weighted by atomic mass is 10.1. The van der Waals surface area contributed by atoms with E-state index in [4.69, 9.17) is 9.84 Å². The van der Waals surface area contributed by atoms with Crippen molar-refractivity contribution < 1.29 is 19.7 Å². The number of carboxylic acids is 1. The molecule has 0 radical (unpaired) electrons. The van der Waals surface area contributed by atoms with Crippen LogP contribution in [0.5, 0.6) is 5.75 Å². The monoisotopic (exact) mass is 266 g/mol. The molecule has 0 spiro atoms. The van der Waals surface area contributed by atoms with Crippen LogP contribution >= 0.6 is 0 Å². The maximum atomic E-state index is 11.1. The van der Waals surface area contributed by atoms with Gasteiger partial charge in [-0.15, -0.1) is 0 Å². The molecule has 0 unspecified atom stereocenters. The summed E-state index contributed by atoms with van der Waals surface area (Å²) in [4.78, 5) is 11.1. The Kier molecular flexibility index (Phi) is 6.36. The Bertz CT molecular complexity index is 401. The van der Waals surface area contributed by atoms with Crippen molar-refractivity contribution in [2.24, 2.45) is 5.92 Å². The molecule has 106 valence electrons. The normalized spacial score (nSPS) is 12.6. The fourth-order valence-corrected chi connectivity index (χ4v) is 1.83. The van der Waals surface area contributed by atoms with Crippen LogP contribution in [0.2, 0.25) is 0 Å². The maximum absolute atomic E-state index is 11.1. The molecule has 0 aromatic heterocycles. The van der Waals surface area contributed by atoms with Gasteiger partial charge in [0.2, 0.25) is 0 Å². The van der Waals surface area contributed by atoms with E-state index in [1.54, 1.807) is 24.3 Å². The highest BCUT2D eigenvalue weighted by atomic mass is 16.5. The number of aliphatic carboxylic acids is 1. The van der Waals surface area contributed by atoms with E-state index in [9.17, 15) is 9.90 Å². The number of phenols is 1. The molecule has 1 rings (SSSR count). The SMILES string of the molecule is CC(C)CCCO[C@@H](Cc1cccc(O)c1)C(=O)O. The Labute approximate surface area is 114 Å². The number of hydrogen-bond donors (Lipinski definition) is 2. The fraction of sp³-hybridized carbons (Fsp3) is 0.533. The van der Waals surface area contributed by atoms with Crippen LogP contribution in [-0.2, 0) is 16.0 Å². The summed E-state index contributed by atoms with van der Waals surface area (Å²) in [5.74, 6) is -0.229. The molecule has 0 aliphatic rings. The highest BCUT2D eigenvalue weighted by molar-refractivity contribution is 5.72. The van der Waals surface area contributed by atoms with E-state index < -0.39 is 12.1 Å². The van der Waals surface area contributed by atoms with Gasteiger partial charge in [-0.3, -0.25) is 0 Å². The molecule has 1 aromatic carbocycles. The molecule has 19 heavy (non-hydrogen) atoms. The molecule has 0 saturated heterocycles. The Hall–Kier alpha value is -1.55. The van der Waals surface area contributed by atoms with Crippen molar-refractivity contribution >= 4 is 5.97 Å². The van der Waals surface area contributed by atoms with Gasteiger partial charge in [-0.05, 0) is 36.5 Å². The first kappa shape index (κ1) is 15.5. The fourth-order valence-electron chi connectivity index (χ4n) is 1.83. The molecule has 0 heterocycles. The first-order valence-electron chi connectivity index (χ1n) is 6.61. The first-order valence-corrected chi connectivity index (χ1v) is 6.61. The highest BCUT2D eigenvalue weighted by Gasteiger charge is 2.18. The predicted molar refractivity (Wildman–Crippen MR) is 73.3 cm³/mol. The molecule has 0 saturated carbocycles. The molecule has 0 aliphatic carbocycles. The molecule has 0 fully saturated rings. The highest BCUT2D eigenvalue weighted by Crippen LogP contribution is 2.14. The third kappa shape index (κ3) is 6.25. The zero-order chi connectivity index (χ0) is 14.3. The minimum atomic E-state index is -0.965. The molecule has 4 heteroatoms. The van der Waals surface area contributed by atoms with Crippen LogP contribution in [0.3, 0.4) is 0 Å². The van der Waals surface area contributed by atoms with E-state index in [0.29, 0.717) is 12.5 Å². The minimum Gasteiger partial charge on any atom is -0.508 e. The molecule has 0 aliphatic heterocycles. The summed E-state index contributed by atoms with van der Waals surface area (Å²) in [6, 6.07) is 6.60. The van der Waals surface area contributed by atoms with E-state index in [0.717, 1.165) is 18.4 Å². The van der Waals surface area contributed by atoms with Gasteiger partial charge < -0.3 is 14.9 Å². The largest absolute Gasteiger partial charge is 0.508 e. The first-order chi connectivity index (χ1) is 8.99. The second-order valence-electron chi connectivity index (χ2n) is 5.11. The topological polar surface area (TPSA) is 66.8 Å². The summed E-state index contributed by atoms with van der Waals surface area (Å²) in [6.07, 6.45) is 1.31. The number of ether oxygens (including phenoxy) is 1. The van der Waals surface area contributed by atoms with Crippen LogP contribution < -0.4 is 0 Å². The number of carbonyl (C=O) groups is 1. The number of phenolic OH excluding ortho intramolecular Hbond substituents is 1. The Morgan fingerprint density at radius 1 is 1.37 bits per heavy atom. The lowest BCUT2D eigenvalue weighted by Gasteiger charge is -2.14. The van der Waals surface area contributed by atoms with Crippen LogP contribution in [0.1, 0.15) is 32.3 Å². The van der Waals surface area contributed by atoms with Crippen molar-refractivity contribution in [3.63, 3.8) is 0 Å². The van der Waals surface area contributed by atoms with Gasteiger partial charge in [-0.2, -0.15) is 0 Å². The zero-order valence-corrected chi connectivity index (χ0v) is 11.5. The maximum Gasteiger partial charge on any atom is 0.333 e. The van der Waals surface area contributed by atoms with Crippen molar-refractivity contribution in [1.29, 1.82) is 0 Å². The van der Waals surface area contributed by atoms with Crippen molar-refractivity contribution in [2.75, 3.05) is 6.61 Å². The lowest BCUT2D eigenvalue weighted by molar-refractivity contribution is -0.150. The third-order valence-electron chi connectivity index (χ3n) is 2.85. The van der Waals surface area contributed by atoms with Gasteiger partial charge in [0.25, 0.3) is 0 Å². The smallest absolute Gasteiger partial charge is 0.333 e. The standard InChI is InChI=1S/C15H22O4/c1-11(2)5-4-8-19-14(15(17)18)10-12-6-3-7-13(16)9-12/h3,6-7,9,11,14,16H,4-5,8,10H2,1-2H3,(H,17,18)/t14-/m0/s1. The number of rotatable bonds is 8. The molecule has 0 bridgehead atoms. The van der Waals surface area contributed by atoms with Gasteiger partial charge >= 0.3 is 5.97 Å². The van der Waals surface area contributed by atoms with Gasteiger partial charge in [0.05, 0.1) is 0 Å². The van der Waals surface area contributed by atoms with Crippen LogP contribution in [0.4, 0.5) is 0 Å². The Balaban J connectivity index is 2.47. The number of aromatic hydroxyl groups is 1. The van der Waals surface area contributed by atoms with Crippen LogP contribution in [0.15, 0.2) is 24.3 Å². The molecule has 4 nitrogen and oxygen atoms in total. The zero-order valence-electron chi connectivity index (χ0n) is 11.5. The predicted octanol–water partition coefficient (Wildman–Crippen LogP) is 2.84. The summed E-state index contributed by atoms with van der Waals surface area (Å²) in [6.45, 7) is 4.71. The van der Waals surface area contributed by atoms with Crippen molar-refractivity contribution in [3.8, 4) is 5.75 Å². The van der Waals surface area contributed by atoms with Gasteiger partial charge in [0, 0.05) is 13.0 Å². The lowest BCUT2D eigenvalue weighted by Crippen LogP contribution is -2.27. The second-order valence-corrected chi connectivity index (χ2v) is 5.11. The van der Waals surface area contributed by atoms with E-state index in [-0.39, 0.29) is 12.2 Å². The summed E-state index contributed by atoms with van der Waals surface area (Å²) in [7, 11) is 0. The Morgan fingerprint density at radius 3 is 2.68 bits per heavy atom. The quantitative estimate of drug-likeness (QED) is 0.710. The number of benzene rings is 1. The van der Waals surface area contributed by atoms with Gasteiger partial charge in [0.15, 0.2) is 6.10 Å². The molecule has 2 N–H and O–H groups in total. The van der Waals surface area contributed by atoms with E-state index in [1.807, 2.05) is 0 Å². The van der Waals surface area contributed by atoms with Gasteiger partial charge in [-0.1, -0.05) is 26.0 Å². The third-order valence-corrected chi connectivity index (χ3v) is 2.85. The van der Waals surface area contributed by atoms with Crippen molar-refractivity contribution in [3.05, 3.63) is 29.8 Å². The average Bonchev–Trinajstić information content (AvgIpc) is 2.32. The molecular weight excluding hydrogens is 244 g/mol. The average molecular weight is 266 g/mol. The molecule has 0 amide bonds. The summed E-state index contributed by atoms with van der Waals surface area (Å²) >= 11 is 0. The van der Waals surface area contributed by atoms with E-state index >= 15 is 0 Å². The minimum absolute atomic E-state index is 0.140. The summed E-state index contributed by atoms with van der Waals surface area (Å²) in [5.41, 5.74) is 0.760. The molecule has 1 aromatic rings. The van der Waals surface area contributed by atoms with Crippen molar-refractivity contribution in [2.45, 2.75) is 39.2 Å². The number of carboxylic acid groups (broad SMARTS) is 1. The van der Waals surface area contributed by atoms with Gasteiger partial charge in [-0.25, -0.2) is 4.79 Å². The Morgan fingerprint density at radius 2 is 2.11 bits per heavy atom. The second kappa shape index (κ2) is 7.79. The summed E-state index contributed by atoms with van der Waals surface area (Å²) in [5, 5.41) is 18.5. The van der Waals surface area contributed by atoms with Crippen molar-refractivity contribution in [1.82, 2.24) is 0 Å². The number of hydrogen-bond acceptors (Lipinski definition) is 3.